The average molecular weight is 253 g/mol. The van der Waals surface area contributed by atoms with Gasteiger partial charge in [-0.2, -0.15) is 0 Å². The van der Waals surface area contributed by atoms with Gasteiger partial charge < -0.3 is 10.1 Å². The number of nitrogens with one attached hydrogen (secondary N) is 1. The zero-order valence-corrected chi connectivity index (χ0v) is 10.8. The van der Waals surface area contributed by atoms with Crippen molar-refractivity contribution in [2.75, 3.05) is 13.2 Å². The summed E-state index contributed by atoms with van der Waals surface area (Å²) < 4.78 is 8.08. The van der Waals surface area contributed by atoms with Crippen LogP contribution in [0.1, 0.15) is 18.5 Å². The molecule has 1 aliphatic heterocycles. The molecule has 0 aromatic carbocycles. The molecule has 6 nitrogen and oxygen atoms in total. The van der Waals surface area contributed by atoms with E-state index in [-0.39, 0.29) is 17.4 Å². The molecule has 0 amide bonds. The summed E-state index contributed by atoms with van der Waals surface area (Å²) in [5.41, 5.74) is 0.129. The summed E-state index contributed by atoms with van der Waals surface area (Å²) in [6.07, 6.45) is 2.44. The molecule has 2 heterocycles. The van der Waals surface area contributed by atoms with Crippen LogP contribution in [0.5, 0.6) is 0 Å². The number of aromatic nitrogens is 2. The first-order chi connectivity index (χ1) is 8.59. The Bertz CT molecular complexity index is 526. The number of hydrogen-bond donors (Lipinski definition) is 1. The lowest BCUT2D eigenvalue weighted by molar-refractivity contribution is 0.110. The van der Waals surface area contributed by atoms with Gasteiger partial charge in [0.05, 0.1) is 6.10 Å². The molecule has 0 spiro atoms. The number of nitrogens with zero attached hydrogens (tertiary/aromatic N) is 2. The first kappa shape index (κ1) is 13.0. The standard InChI is InChI=1S/C12H19N3O3/c1-14-9(6-11(16)15(2)12(14)17)7-13-8-10-4-3-5-18-10/h6,10,13H,3-5,7-8H2,1-2H3. The second-order valence-electron chi connectivity index (χ2n) is 4.64. The van der Waals surface area contributed by atoms with Crippen molar-refractivity contribution in [1.29, 1.82) is 0 Å². The van der Waals surface area contributed by atoms with Crippen LogP contribution in [0, 0.1) is 0 Å². The minimum Gasteiger partial charge on any atom is -0.377 e. The van der Waals surface area contributed by atoms with Crippen molar-refractivity contribution in [3.8, 4) is 0 Å². The molecule has 0 aliphatic carbocycles. The first-order valence-corrected chi connectivity index (χ1v) is 6.18. The maximum atomic E-state index is 11.7. The maximum Gasteiger partial charge on any atom is 0.330 e. The molecule has 1 atom stereocenters. The van der Waals surface area contributed by atoms with Crippen LogP contribution in [-0.4, -0.2) is 28.4 Å². The average Bonchev–Trinajstić information content (AvgIpc) is 2.86. The Morgan fingerprint density at radius 2 is 2.17 bits per heavy atom. The number of ether oxygens (including phenoxy) is 1. The van der Waals surface area contributed by atoms with Crippen LogP contribution in [0.25, 0.3) is 0 Å². The Labute approximate surface area is 105 Å². The van der Waals surface area contributed by atoms with Crippen LogP contribution in [0.2, 0.25) is 0 Å². The summed E-state index contributed by atoms with van der Waals surface area (Å²) in [4.78, 5) is 23.2. The molecule has 0 radical (unpaired) electrons. The zero-order valence-electron chi connectivity index (χ0n) is 10.8. The smallest absolute Gasteiger partial charge is 0.330 e. The van der Waals surface area contributed by atoms with E-state index in [1.165, 1.54) is 17.7 Å². The van der Waals surface area contributed by atoms with Crippen LogP contribution in [0.15, 0.2) is 15.7 Å². The molecule has 0 saturated carbocycles. The third-order valence-electron chi connectivity index (χ3n) is 3.33. The van der Waals surface area contributed by atoms with Gasteiger partial charge in [0.25, 0.3) is 5.56 Å². The molecule has 0 bridgehead atoms. The SMILES string of the molecule is Cn1c(CNCC2CCCO2)cc(=O)n(C)c1=O. The van der Waals surface area contributed by atoms with Gasteiger partial charge in [0.2, 0.25) is 0 Å². The first-order valence-electron chi connectivity index (χ1n) is 6.18. The quantitative estimate of drug-likeness (QED) is 0.774. The highest BCUT2D eigenvalue weighted by atomic mass is 16.5. The Balaban J connectivity index is 2.01. The molecule has 1 saturated heterocycles. The van der Waals surface area contributed by atoms with E-state index < -0.39 is 0 Å². The second-order valence-corrected chi connectivity index (χ2v) is 4.64. The molecule has 1 fully saturated rings. The van der Waals surface area contributed by atoms with Gasteiger partial charge in [0.1, 0.15) is 0 Å². The molecule has 6 heteroatoms. The lowest BCUT2D eigenvalue weighted by atomic mass is 10.2. The Morgan fingerprint density at radius 3 is 2.83 bits per heavy atom. The van der Waals surface area contributed by atoms with E-state index in [1.807, 2.05) is 0 Å². The van der Waals surface area contributed by atoms with E-state index in [1.54, 1.807) is 7.05 Å². The van der Waals surface area contributed by atoms with Crippen LogP contribution < -0.4 is 16.6 Å². The Hall–Kier alpha value is -1.40. The highest BCUT2D eigenvalue weighted by Crippen LogP contribution is 2.10. The van der Waals surface area contributed by atoms with Crippen LogP contribution in [-0.2, 0) is 25.4 Å². The monoisotopic (exact) mass is 253 g/mol. The second kappa shape index (κ2) is 5.49. The summed E-state index contributed by atoms with van der Waals surface area (Å²) in [5.74, 6) is 0. The van der Waals surface area contributed by atoms with Crippen molar-refractivity contribution in [3.63, 3.8) is 0 Å². The van der Waals surface area contributed by atoms with Crippen LogP contribution in [0.3, 0.4) is 0 Å². The van der Waals surface area contributed by atoms with Gasteiger partial charge in [-0.1, -0.05) is 0 Å². The zero-order chi connectivity index (χ0) is 13.1. The van der Waals surface area contributed by atoms with Crippen molar-refractivity contribution in [1.82, 2.24) is 14.5 Å². The predicted molar refractivity (Wildman–Crippen MR) is 67.6 cm³/mol. The van der Waals surface area contributed by atoms with Gasteiger partial charge in [-0.05, 0) is 12.8 Å². The Kier molecular flexibility index (Phi) is 3.98. The van der Waals surface area contributed by atoms with Gasteiger partial charge in [-0.15, -0.1) is 0 Å². The van der Waals surface area contributed by atoms with Crippen LogP contribution >= 0.6 is 0 Å². The van der Waals surface area contributed by atoms with Crippen molar-refractivity contribution >= 4 is 0 Å². The maximum absolute atomic E-state index is 11.7. The fraction of sp³-hybridized carbons (Fsp3) is 0.667. The topological polar surface area (TPSA) is 65.3 Å². The summed E-state index contributed by atoms with van der Waals surface area (Å²) in [7, 11) is 3.15. The molecule has 1 aliphatic rings. The summed E-state index contributed by atoms with van der Waals surface area (Å²) >= 11 is 0. The van der Waals surface area contributed by atoms with Gasteiger partial charge in [-0.25, -0.2) is 4.79 Å². The molecule has 18 heavy (non-hydrogen) atoms. The minimum absolute atomic E-state index is 0.258. The lowest BCUT2D eigenvalue weighted by Gasteiger charge is -2.13. The molecule has 1 aromatic heterocycles. The van der Waals surface area contributed by atoms with Crippen molar-refractivity contribution in [2.45, 2.75) is 25.5 Å². The van der Waals surface area contributed by atoms with Gasteiger partial charge in [0.15, 0.2) is 0 Å². The van der Waals surface area contributed by atoms with E-state index in [4.69, 9.17) is 4.74 Å². The molecule has 1 N–H and O–H groups in total. The lowest BCUT2D eigenvalue weighted by Crippen LogP contribution is -2.39. The summed E-state index contributed by atoms with van der Waals surface area (Å²) in [6, 6.07) is 1.49. The minimum atomic E-state index is -0.295. The van der Waals surface area contributed by atoms with Crippen molar-refractivity contribution < 1.29 is 4.74 Å². The third-order valence-corrected chi connectivity index (χ3v) is 3.33. The van der Waals surface area contributed by atoms with E-state index >= 15 is 0 Å². The number of rotatable bonds is 4. The normalized spacial score (nSPS) is 19.3. The van der Waals surface area contributed by atoms with Gasteiger partial charge in [-0.3, -0.25) is 13.9 Å². The highest BCUT2D eigenvalue weighted by molar-refractivity contribution is 5.01. The van der Waals surface area contributed by atoms with E-state index in [0.29, 0.717) is 12.2 Å². The molecule has 1 unspecified atom stereocenters. The molecular formula is C12H19N3O3. The Morgan fingerprint density at radius 1 is 1.39 bits per heavy atom. The van der Waals surface area contributed by atoms with Gasteiger partial charge >= 0.3 is 5.69 Å². The fourth-order valence-corrected chi connectivity index (χ4v) is 2.11. The van der Waals surface area contributed by atoms with Crippen LogP contribution in [0.4, 0.5) is 0 Å². The largest absolute Gasteiger partial charge is 0.377 e. The third kappa shape index (κ3) is 2.70. The molecule has 2 rings (SSSR count). The van der Waals surface area contributed by atoms with Gasteiger partial charge in [0, 0.05) is 45.6 Å². The fourth-order valence-electron chi connectivity index (χ4n) is 2.11. The van der Waals surface area contributed by atoms with Crippen molar-refractivity contribution in [2.24, 2.45) is 14.1 Å². The predicted octanol–water partition coefficient (Wildman–Crippen LogP) is -0.647. The number of hydrogen-bond acceptors (Lipinski definition) is 4. The molecule has 1 aromatic rings. The summed E-state index contributed by atoms with van der Waals surface area (Å²) in [5, 5.41) is 3.23. The highest BCUT2D eigenvalue weighted by Gasteiger charge is 2.14. The molecule has 100 valence electrons. The molecular weight excluding hydrogens is 234 g/mol. The van der Waals surface area contributed by atoms with Crippen molar-refractivity contribution in [3.05, 3.63) is 32.6 Å². The van der Waals surface area contributed by atoms with E-state index in [0.717, 1.165) is 30.6 Å². The van der Waals surface area contributed by atoms with E-state index in [2.05, 4.69) is 5.32 Å². The summed E-state index contributed by atoms with van der Waals surface area (Å²) in [6.45, 7) is 2.09. The van der Waals surface area contributed by atoms with E-state index in [9.17, 15) is 9.59 Å².